The van der Waals surface area contributed by atoms with Crippen LogP contribution in [0.2, 0.25) is 0 Å². The zero-order valence-electron chi connectivity index (χ0n) is 8.07. The van der Waals surface area contributed by atoms with Crippen LogP contribution in [0.5, 0.6) is 0 Å². The fraction of sp³-hybridized carbons (Fsp3) is 0.400. The van der Waals surface area contributed by atoms with Gasteiger partial charge in [-0.3, -0.25) is 0 Å². The fourth-order valence-electron chi connectivity index (χ4n) is 1.11. The Bertz CT molecular complexity index is 332. The van der Waals surface area contributed by atoms with Crippen molar-refractivity contribution >= 4 is 5.82 Å². The number of nitriles is 1. The number of aliphatic hydroxyl groups is 1. The lowest BCUT2D eigenvalue weighted by Crippen LogP contribution is -2.18. The Balaban J connectivity index is 2.71. The Kier molecular flexibility index (Phi) is 3.89. The van der Waals surface area contributed by atoms with Crippen LogP contribution in [0, 0.1) is 11.3 Å². The molecule has 1 rings (SSSR count). The first kappa shape index (κ1) is 10.5. The lowest BCUT2D eigenvalue weighted by atomic mass is 10.2. The highest BCUT2D eigenvalue weighted by Gasteiger charge is 2.05. The second-order valence-corrected chi connectivity index (χ2v) is 3.07. The zero-order chi connectivity index (χ0) is 10.4. The molecule has 0 fully saturated rings. The number of aliphatic hydroxyl groups excluding tert-OH is 1. The average Bonchev–Trinajstić information content (AvgIpc) is 2.19. The molecule has 2 N–H and O–H groups in total. The topological polar surface area (TPSA) is 68.9 Å². The highest BCUT2D eigenvalue weighted by Crippen LogP contribution is 2.11. The van der Waals surface area contributed by atoms with Gasteiger partial charge in [-0.1, -0.05) is 0 Å². The molecule has 4 heteroatoms. The molecule has 0 aliphatic carbocycles. The molecule has 0 radical (unpaired) electrons. The van der Waals surface area contributed by atoms with Crippen molar-refractivity contribution in [2.75, 3.05) is 11.9 Å². The van der Waals surface area contributed by atoms with Gasteiger partial charge < -0.3 is 10.4 Å². The predicted molar refractivity (Wildman–Crippen MR) is 53.7 cm³/mol. The smallest absolute Gasteiger partial charge is 0.144 e. The molecule has 74 valence electrons. The van der Waals surface area contributed by atoms with Crippen molar-refractivity contribution in [3.63, 3.8) is 0 Å². The largest absolute Gasteiger partial charge is 0.396 e. The minimum atomic E-state index is 0.113. The van der Waals surface area contributed by atoms with Crippen LogP contribution in [0.1, 0.15) is 18.9 Å². The van der Waals surface area contributed by atoms with E-state index >= 15 is 0 Å². The number of aromatic nitrogens is 1. The van der Waals surface area contributed by atoms with Gasteiger partial charge in [-0.2, -0.15) is 5.26 Å². The Morgan fingerprint density at radius 3 is 3.14 bits per heavy atom. The van der Waals surface area contributed by atoms with E-state index in [-0.39, 0.29) is 12.6 Å². The standard InChI is InChI=1S/C10H13N3O/c1-8(4-6-14)13-10-9(7-11)3-2-5-12-10/h2-3,5,8,14H,4,6H2,1H3,(H,12,13)/t8-/m0/s1. The second-order valence-electron chi connectivity index (χ2n) is 3.07. The van der Waals surface area contributed by atoms with Gasteiger partial charge in [0.05, 0.1) is 5.56 Å². The summed E-state index contributed by atoms with van der Waals surface area (Å²) in [5.41, 5.74) is 0.525. The number of nitrogens with zero attached hydrogens (tertiary/aromatic N) is 2. The number of pyridine rings is 1. The van der Waals surface area contributed by atoms with Crippen LogP contribution in [-0.4, -0.2) is 22.7 Å². The molecule has 0 aromatic carbocycles. The Hall–Kier alpha value is -1.60. The molecule has 4 nitrogen and oxygen atoms in total. The van der Waals surface area contributed by atoms with Crippen LogP contribution in [0.3, 0.4) is 0 Å². The van der Waals surface area contributed by atoms with Gasteiger partial charge in [-0.05, 0) is 25.5 Å². The summed E-state index contributed by atoms with van der Waals surface area (Å²) in [5.74, 6) is 0.580. The molecule has 1 atom stereocenters. The van der Waals surface area contributed by atoms with Crippen LogP contribution in [0.4, 0.5) is 5.82 Å². The van der Waals surface area contributed by atoms with E-state index in [9.17, 15) is 0 Å². The predicted octanol–water partition coefficient (Wildman–Crippen LogP) is 1.14. The SMILES string of the molecule is C[C@@H](CCO)Nc1ncccc1C#N. The summed E-state index contributed by atoms with van der Waals surface area (Å²) in [5, 5.41) is 20.6. The van der Waals surface area contributed by atoms with Gasteiger partial charge in [-0.25, -0.2) is 4.98 Å². The van der Waals surface area contributed by atoms with E-state index in [1.165, 1.54) is 0 Å². The van der Waals surface area contributed by atoms with E-state index in [0.29, 0.717) is 17.8 Å². The molecule has 1 aromatic heterocycles. The van der Waals surface area contributed by atoms with Crippen molar-refractivity contribution in [2.45, 2.75) is 19.4 Å². The van der Waals surface area contributed by atoms with E-state index in [1.807, 2.05) is 6.92 Å². The molecule has 14 heavy (non-hydrogen) atoms. The zero-order valence-corrected chi connectivity index (χ0v) is 8.07. The van der Waals surface area contributed by atoms with Crippen molar-refractivity contribution in [1.29, 1.82) is 5.26 Å². The minimum absolute atomic E-state index is 0.113. The number of hydrogen-bond acceptors (Lipinski definition) is 4. The van der Waals surface area contributed by atoms with Crippen molar-refractivity contribution in [1.82, 2.24) is 4.98 Å². The van der Waals surface area contributed by atoms with Crippen LogP contribution in [0.25, 0.3) is 0 Å². The Labute approximate surface area is 83.2 Å². The van der Waals surface area contributed by atoms with Crippen molar-refractivity contribution in [3.05, 3.63) is 23.9 Å². The normalized spacial score (nSPS) is 11.8. The van der Waals surface area contributed by atoms with Gasteiger partial charge in [0.2, 0.25) is 0 Å². The highest BCUT2D eigenvalue weighted by molar-refractivity contribution is 5.51. The molecule has 0 aliphatic rings. The lowest BCUT2D eigenvalue weighted by Gasteiger charge is -2.13. The van der Waals surface area contributed by atoms with Gasteiger partial charge in [-0.15, -0.1) is 0 Å². The molecule has 1 aromatic rings. The first-order valence-electron chi connectivity index (χ1n) is 4.50. The maximum absolute atomic E-state index is 8.78. The number of anilines is 1. The Morgan fingerprint density at radius 1 is 1.71 bits per heavy atom. The van der Waals surface area contributed by atoms with Crippen LogP contribution in [-0.2, 0) is 0 Å². The van der Waals surface area contributed by atoms with Gasteiger partial charge in [0, 0.05) is 18.8 Å². The summed E-state index contributed by atoms with van der Waals surface area (Å²) in [6.07, 6.45) is 2.27. The first-order chi connectivity index (χ1) is 6.77. The summed E-state index contributed by atoms with van der Waals surface area (Å²) in [6, 6.07) is 5.60. The molecular weight excluding hydrogens is 178 g/mol. The third kappa shape index (κ3) is 2.71. The Morgan fingerprint density at radius 2 is 2.50 bits per heavy atom. The maximum Gasteiger partial charge on any atom is 0.144 e. The molecule has 1 heterocycles. The molecule has 0 bridgehead atoms. The van der Waals surface area contributed by atoms with E-state index in [1.54, 1.807) is 18.3 Å². The van der Waals surface area contributed by atoms with Crippen LogP contribution >= 0.6 is 0 Å². The van der Waals surface area contributed by atoms with E-state index in [2.05, 4.69) is 16.4 Å². The molecule has 0 saturated carbocycles. The van der Waals surface area contributed by atoms with Gasteiger partial charge in [0.15, 0.2) is 0 Å². The molecule has 0 amide bonds. The quantitative estimate of drug-likeness (QED) is 0.748. The highest BCUT2D eigenvalue weighted by atomic mass is 16.3. The van der Waals surface area contributed by atoms with Crippen molar-refractivity contribution < 1.29 is 5.11 Å². The average molecular weight is 191 g/mol. The minimum Gasteiger partial charge on any atom is -0.396 e. The van der Waals surface area contributed by atoms with E-state index in [4.69, 9.17) is 10.4 Å². The van der Waals surface area contributed by atoms with Crippen LogP contribution < -0.4 is 5.32 Å². The number of rotatable bonds is 4. The number of hydrogen-bond donors (Lipinski definition) is 2. The summed E-state index contributed by atoms with van der Waals surface area (Å²) in [7, 11) is 0. The molecular formula is C10H13N3O. The molecule has 0 saturated heterocycles. The number of nitrogens with one attached hydrogen (secondary N) is 1. The monoisotopic (exact) mass is 191 g/mol. The molecule has 0 unspecified atom stereocenters. The third-order valence-electron chi connectivity index (χ3n) is 1.87. The fourth-order valence-corrected chi connectivity index (χ4v) is 1.11. The summed E-state index contributed by atoms with van der Waals surface area (Å²) in [6.45, 7) is 2.06. The third-order valence-corrected chi connectivity index (χ3v) is 1.87. The van der Waals surface area contributed by atoms with E-state index in [0.717, 1.165) is 0 Å². The van der Waals surface area contributed by atoms with Crippen molar-refractivity contribution in [3.8, 4) is 6.07 Å². The summed E-state index contributed by atoms with van der Waals surface area (Å²) in [4.78, 5) is 4.06. The van der Waals surface area contributed by atoms with Crippen molar-refractivity contribution in [2.24, 2.45) is 0 Å². The van der Waals surface area contributed by atoms with Gasteiger partial charge in [0.1, 0.15) is 11.9 Å². The summed E-state index contributed by atoms with van der Waals surface area (Å²) >= 11 is 0. The molecule has 0 spiro atoms. The maximum atomic E-state index is 8.78. The first-order valence-corrected chi connectivity index (χ1v) is 4.50. The summed E-state index contributed by atoms with van der Waals surface area (Å²) < 4.78 is 0. The van der Waals surface area contributed by atoms with Gasteiger partial charge >= 0.3 is 0 Å². The lowest BCUT2D eigenvalue weighted by molar-refractivity contribution is 0.282. The van der Waals surface area contributed by atoms with Gasteiger partial charge in [0.25, 0.3) is 0 Å². The second kappa shape index (κ2) is 5.20. The van der Waals surface area contributed by atoms with Crippen LogP contribution in [0.15, 0.2) is 18.3 Å². The van der Waals surface area contributed by atoms with E-state index < -0.39 is 0 Å². The molecule has 0 aliphatic heterocycles.